The number of amides is 2. The van der Waals surface area contributed by atoms with E-state index in [1.165, 1.54) is 17.0 Å². The Balaban J connectivity index is 2.19. The molecule has 1 fully saturated rings. The van der Waals surface area contributed by atoms with Crippen LogP contribution in [0.3, 0.4) is 0 Å². The number of hydrogen-bond acceptors (Lipinski definition) is 3. The molecule has 22 heavy (non-hydrogen) atoms. The summed E-state index contributed by atoms with van der Waals surface area (Å²) < 4.78 is 13.9. The number of nitrogens with one attached hydrogen (secondary N) is 1. The van der Waals surface area contributed by atoms with E-state index in [9.17, 15) is 14.0 Å². The van der Waals surface area contributed by atoms with Gasteiger partial charge in [0.25, 0.3) is 0 Å². The highest BCUT2D eigenvalue weighted by molar-refractivity contribution is 6.31. The van der Waals surface area contributed by atoms with Gasteiger partial charge >= 0.3 is 0 Å². The fourth-order valence-electron chi connectivity index (χ4n) is 2.41. The van der Waals surface area contributed by atoms with Gasteiger partial charge in [0.2, 0.25) is 11.8 Å². The number of nitrogens with zero attached hydrogens (tertiary/aromatic N) is 2. The van der Waals surface area contributed by atoms with E-state index in [2.05, 4.69) is 5.32 Å². The van der Waals surface area contributed by atoms with Gasteiger partial charge in [-0.25, -0.2) is 4.39 Å². The largest absolute Gasteiger partial charge is 0.353 e. The predicted octanol–water partition coefficient (Wildman–Crippen LogP) is 1.26. The average molecular weight is 328 g/mol. The van der Waals surface area contributed by atoms with Gasteiger partial charge in [-0.2, -0.15) is 0 Å². The number of rotatable bonds is 4. The molecule has 7 heteroatoms. The molecule has 1 saturated heterocycles. The third-order valence-electron chi connectivity index (χ3n) is 3.73. The fourth-order valence-corrected chi connectivity index (χ4v) is 2.63. The topological polar surface area (TPSA) is 52.7 Å². The van der Waals surface area contributed by atoms with Gasteiger partial charge in [0, 0.05) is 44.3 Å². The van der Waals surface area contributed by atoms with Crippen LogP contribution >= 0.6 is 11.6 Å². The Morgan fingerprint density at radius 2 is 2.23 bits per heavy atom. The van der Waals surface area contributed by atoms with E-state index in [0.29, 0.717) is 23.7 Å². The van der Waals surface area contributed by atoms with Crippen LogP contribution in [0.1, 0.15) is 12.0 Å². The lowest BCUT2D eigenvalue weighted by atomic mass is 10.1. The SMILES string of the molecule is CN(C)C(=O)C[C@H]1C(=O)NCCN1Cc1c(F)cccc1Cl. The van der Waals surface area contributed by atoms with Gasteiger partial charge in [0.15, 0.2) is 0 Å². The summed E-state index contributed by atoms with van der Waals surface area (Å²) in [6.07, 6.45) is 0.0604. The molecule has 1 aromatic carbocycles. The molecular formula is C15H19ClFN3O2. The van der Waals surface area contributed by atoms with Gasteiger partial charge < -0.3 is 10.2 Å². The van der Waals surface area contributed by atoms with Crippen molar-refractivity contribution in [2.75, 3.05) is 27.2 Å². The number of hydrogen-bond donors (Lipinski definition) is 1. The zero-order chi connectivity index (χ0) is 16.3. The zero-order valence-electron chi connectivity index (χ0n) is 12.6. The van der Waals surface area contributed by atoms with Crippen molar-refractivity contribution in [2.24, 2.45) is 0 Å². The molecule has 0 aromatic heterocycles. The van der Waals surface area contributed by atoms with Crippen LogP contribution < -0.4 is 5.32 Å². The van der Waals surface area contributed by atoms with Gasteiger partial charge in [-0.05, 0) is 12.1 Å². The summed E-state index contributed by atoms with van der Waals surface area (Å²) in [7, 11) is 3.28. The molecule has 0 bridgehead atoms. The molecule has 0 saturated carbocycles. The molecular weight excluding hydrogens is 309 g/mol. The van der Waals surface area contributed by atoms with E-state index in [1.807, 2.05) is 0 Å². The molecule has 2 rings (SSSR count). The Morgan fingerprint density at radius 3 is 2.86 bits per heavy atom. The minimum absolute atomic E-state index is 0.0604. The molecule has 0 spiro atoms. The van der Waals surface area contributed by atoms with Gasteiger partial charge in [-0.15, -0.1) is 0 Å². The first-order valence-electron chi connectivity index (χ1n) is 7.05. The van der Waals surface area contributed by atoms with Crippen molar-refractivity contribution < 1.29 is 14.0 Å². The Hall–Kier alpha value is -1.66. The van der Waals surface area contributed by atoms with Crippen LogP contribution in [-0.2, 0) is 16.1 Å². The van der Waals surface area contributed by atoms with Crippen molar-refractivity contribution in [3.8, 4) is 0 Å². The van der Waals surface area contributed by atoms with E-state index in [0.717, 1.165) is 0 Å². The van der Waals surface area contributed by atoms with E-state index in [1.54, 1.807) is 25.1 Å². The highest BCUT2D eigenvalue weighted by Gasteiger charge is 2.32. The van der Waals surface area contributed by atoms with Crippen molar-refractivity contribution in [3.63, 3.8) is 0 Å². The number of halogens is 2. The van der Waals surface area contributed by atoms with E-state index < -0.39 is 11.9 Å². The Morgan fingerprint density at radius 1 is 1.50 bits per heavy atom. The Labute approximate surface area is 134 Å². The summed E-state index contributed by atoms with van der Waals surface area (Å²) in [5, 5.41) is 3.07. The molecule has 2 amide bonds. The van der Waals surface area contributed by atoms with Crippen LogP contribution in [-0.4, -0.2) is 54.8 Å². The summed E-state index contributed by atoms with van der Waals surface area (Å²) in [5.41, 5.74) is 0.348. The van der Waals surface area contributed by atoms with Crippen LogP contribution in [0, 0.1) is 5.82 Å². The molecule has 1 aromatic rings. The van der Waals surface area contributed by atoms with Crippen molar-refractivity contribution in [3.05, 3.63) is 34.6 Å². The quantitative estimate of drug-likeness (QED) is 0.906. The molecule has 0 radical (unpaired) electrons. The molecule has 0 aliphatic carbocycles. The van der Waals surface area contributed by atoms with Gasteiger partial charge in [0.05, 0.1) is 12.5 Å². The number of carbonyl (C=O) groups excluding carboxylic acids is 2. The monoisotopic (exact) mass is 327 g/mol. The standard InChI is InChI=1S/C15H19ClFN3O2/c1-19(2)14(21)8-13-15(22)18-6-7-20(13)9-10-11(16)4-3-5-12(10)17/h3-5,13H,6-9H2,1-2H3,(H,18,22)/t13-/m0/s1. The van der Waals surface area contributed by atoms with Gasteiger partial charge in [-0.1, -0.05) is 17.7 Å². The van der Waals surface area contributed by atoms with Crippen LogP contribution in [0.4, 0.5) is 4.39 Å². The molecule has 5 nitrogen and oxygen atoms in total. The normalized spacial score (nSPS) is 18.9. The molecule has 1 atom stereocenters. The smallest absolute Gasteiger partial charge is 0.237 e. The number of carbonyl (C=O) groups is 2. The molecule has 0 unspecified atom stereocenters. The van der Waals surface area contributed by atoms with Crippen LogP contribution in [0.15, 0.2) is 18.2 Å². The first-order chi connectivity index (χ1) is 10.4. The van der Waals surface area contributed by atoms with Gasteiger partial charge in [-0.3, -0.25) is 14.5 Å². The van der Waals surface area contributed by atoms with Crippen molar-refractivity contribution in [1.82, 2.24) is 15.1 Å². The minimum atomic E-state index is -0.612. The highest BCUT2D eigenvalue weighted by atomic mass is 35.5. The predicted molar refractivity (Wildman–Crippen MR) is 81.9 cm³/mol. The Kier molecular flexibility index (Phi) is 5.37. The van der Waals surface area contributed by atoms with Crippen molar-refractivity contribution in [2.45, 2.75) is 19.0 Å². The van der Waals surface area contributed by atoms with Crippen LogP contribution in [0.25, 0.3) is 0 Å². The number of piperazine rings is 1. The lowest BCUT2D eigenvalue weighted by Crippen LogP contribution is -2.56. The van der Waals surface area contributed by atoms with E-state index >= 15 is 0 Å². The molecule has 120 valence electrons. The average Bonchev–Trinajstić information content (AvgIpc) is 2.46. The third kappa shape index (κ3) is 3.75. The Bertz CT molecular complexity index is 560. The summed E-state index contributed by atoms with van der Waals surface area (Å²) in [6.45, 7) is 1.21. The molecule has 1 aliphatic rings. The number of benzene rings is 1. The maximum atomic E-state index is 13.9. The van der Waals surface area contributed by atoms with E-state index in [4.69, 9.17) is 11.6 Å². The van der Waals surface area contributed by atoms with Crippen LogP contribution in [0.2, 0.25) is 5.02 Å². The lowest BCUT2D eigenvalue weighted by molar-refractivity contribution is -0.137. The third-order valence-corrected chi connectivity index (χ3v) is 4.09. The van der Waals surface area contributed by atoms with Gasteiger partial charge in [0.1, 0.15) is 5.82 Å². The van der Waals surface area contributed by atoms with Crippen molar-refractivity contribution >= 4 is 23.4 Å². The van der Waals surface area contributed by atoms with E-state index in [-0.39, 0.29) is 24.8 Å². The summed E-state index contributed by atoms with van der Waals surface area (Å²) in [5.74, 6) is -0.767. The minimum Gasteiger partial charge on any atom is -0.353 e. The fraction of sp³-hybridized carbons (Fsp3) is 0.467. The summed E-state index contributed by atoms with van der Waals surface area (Å²) >= 11 is 6.05. The molecule has 1 aliphatic heterocycles. The van der Waals surface area contributed by atoms with Crippen molar-refractivity contribution in [1.29, 1.82) is 0 Å². The summed E-state index contributed by atoms with van der Waals surface area (Å²) in [4.78, 5) is 27.2. The second kappa shape index (κ2) is 7.07. The molecule has 1 N–H and O–H groups in total. The molecule has 1 heterocycles. The van der Waals surface area contributed by atoms with Crippen LogP contribution in [0.5, 0.6) is 0 Å². The zero-order valence-corrected chi connectivity index (χ0v) is 13.4. The first-order valence-corrected chi connectivity index (χ1v) is 7.42. The maximum Gasteiger partial charge on any atom is 0.237 e. The summed E-state index contributed by atoms with van der Waals surface area (Å²) in [6, 6.07) is 3.88. The second-order valence-electron chi connectivity index (χ2n) is 5.47. The first kappa shape index (κ1) is 16.7. The maximum absolute atomic E-state index is 13.9. The highest BCUT2D eigenvalue weighted by Crippen LogP contribution is 2.23. The second-order valence-corrected chi connectivity index (χ2v) is 5.88. The lowest BCUT2D eigenvalue weighted by Gasteiger charge is -2.35.